The molecule has 0 bridgehead atoms. The van der Waals surface area contributed by atoms with Crippen molar-refractivity contribution in [2.24, 2.45) is 11.7 Å². The van der Waals surface area contributed by atoms with Gasteiger partial charge >= 0.3 is 6.18 Å². The number of amides is 1. The van der Waals surface area contributed by atoms with Gasteiger partial charge in [-0.2, -0.15) is 18.4 Å². The second-order valence-corrected chi connectivity index (χ2v) is 8.13. The molecule has 1 fully saturated rings. The fourth-order valence-corrected chi connectivity index (χ4v) is 3.88. The molecule has 11 heteroatoms. The highest BCUT2D eigenvalue weighted by atomic mass is 19.4. The van der Waals surface area contributed by atoms with Crippen LogP contribution in [-0.2, 0) is 11.0 Å². The Bertz CT molecular complexity index is 1090. The monoisotopic (exact) mass is 473 g/mol. The molecule has 8 nitrogen and oxygen atoms in total. The van der Waals surface area contributed by atoms with Crippen molar-refractivity contribution in [1.82, 2.24) is 20.3 Å². The van der Waals surface area contributed by atoms with Gasteiger partial charge in [-0.1, -0.05) is 6.92 Å². The summed E-state index contributed by atoms with van der Waals surface area (Å²) in [5, 5.41) is 15.7. The molecule has 0 unspecified atom stereocenters. The molecule has 180 valence electrons. The zero-order chi connectivity index (χ0) is 24.7. The van der Waals surface area contributed by atoms with E-state index in [4.69, 9.17) is 5.73 Å². The topological polar surface area (TPSA) is 130 Å². The molecule has 0 atom stereocenters. The van der Waals surface area contributed by atoms with Gasteiger partial charge in [0.2, 0.25) is 11.9 Å². The fraction of sp³-hybridized carbons (Fsp3) is 0.435. The SMILES string of the molecule is CCC(=O)NC1CCC(CNc2ncc(C#N)c(/C(=C/N)c3cncc(C(F)(F)F)c3)n2)CC1. The summed E-state index contributed by atoms with van der Waals surface area (Å²) in [6.07, 6.45) is 3.90. The van der Waals surface area contributed by atoms with Crippen LogP contribution in [0.1, 0.15) is 61.4 Å². The zero-order valence-corrected chi connectivity index (χ0v) is 18.7. The zero-order valence-electron chi connectivity index (χ0n) is 18.7. The Labute approximate surface area is 195 Å². The number of rotatable bonds is 7. The molecule has 0 saturated heterocycles. The minimum absolute atomic E-state index is 0.0554. The number of anilines is 1. The summed E-state index contributed by atoms with van der Waals surface area (Å²) >= 11 is 0. The van der Waals surface area contributed by atoms with Crippen molar-refractivity contribution in [1.29, 1.82) is 5.26 Å². The van der Waals surface area contributed by atoms with E-state index in [1.54, 1.807) is 0 Å². The number of hydrogen-bond acceptors (Lipinski definition) is 7. The molecule has 1 aliphatic rings. The van der Waals surface area contributed by atoms with Crippen LogP contribution in [0.2, 0.25) is 0 Å². The van der Waals surface area contributed by atoms with Gasteiger partial charge in [0.15, 0.2) is 0 Å². The summed E-state index contributed by atoms with van der Waals surface area (Å²) in [5.74, 6) is 0.657. The van der Waals surface area contributed by atoms with Gasteiger partial charge in [0.25, 0.3) is 0 Å². The van der Waals surface area contributed by atoms with Crippen LogP contribution < -0.4 is 16.4 Å². The van der Waals surface area contributed by atoms with Crippen molar-refractivity contribution in [3.05, 3.63) is 53.2 Å². The van der Waals surface area contributed by atoms with E-state index < -0.39 is 11.7 Å². The highest BCUT2D eigenvalue weighted by Crippen LogP contribution is 2.32. The standard InChI is InChI=1S/C23H26F3N7O/c1-2-20(34)32-18-5-3-14(4-6-18)10-30-22-31-12-16(8-27)21(33-22)19(9-28)15-7-17(13-29-11-15)23(24,25)26/h7,9,11-14,18H,2-6,10,28H2,1H3,(H,32,34)(H,30,31,33)/b19-9+. The van der Waals surface area contributed by atoms with Gasteiger partial charge in [0.05, 0.1) is 23.0 Å². The van der Waals surface area contributed by atoms with E-state index in [0.29, 0.717) is 18.9 Å². The number of nitriles is 1. The van der Waals surface area contributed by atoms with E-state index in [1.807, 2.05) is 13.0 Å². The molecule has 2 aromatic heterocycles. The Balaban J connectivity index is 1.73. The predicted molar refractivity (Wildman–Crippen MR) is 120 cm³/mol. The van der Waals surface area contributed by atoms with E-state index in [9.17, 15) is 23.2 Å². The first-order valence-corrected chi connectivity index (χ1v) is 11.0. The van der Waals surface area contributed by atoms with E-state index in [0.717, 1.165) is 44.1 Å². The number of nitrogens with two attached hydrogens (primary N) is 1. The van der Waals surface area contributed by atoms with Crippen LogP contribution in [-0.4, -0.2) is 33.4 Å². The average molecular weight is 474 g/mol. The van der Waals surface area contributed by atoms with Crippen LogP contribution in [0.4, 0.5) is 19.1 Å². The lowest BCUT2D eigenvalue weighted by atomic mass is 9.86. The van der Waals surface area contributed by atoms with Gasteiger partial charge in [0, 0.05) is 48.7 Å². The normalized spacial score (nSPS) is 18.7. The highest BCUT2D eigenvalue weighted by molar-refractivity contribution is 5.80. The Kier molecular flexibility index (Phi) is 8.04. The first kappa shape index (κ1) is 25.0. The number of carbonyl (C=O) groups excluding carboxylic acids is 1. The third-order valence-electron chi connectivity index (χ3n) is 5.79. The summed E-state index contributed by atoms with van der Waals surface area (Å²) in [5.41, 5.74) is 5.23. The maximum Gasteiger partial charge on any atom is 0.417 e. The smallest absolute Gasteiger partial charge is 0.404 e. The van der Waals surface area contributed by atoms with Crippen LogP contribution >= 0.6 is 0 Å². The summed E-state index contributed by atoms with van der Waals surface area (Å²) in [6, 6.07) is 3.07. The lowest BCUT2D eigenvalue weighted by Gasteiger charge is -2.29. The van der Waals surface area contributed by atoms with E-state index in [2.05, 4.69) is 25.6 Å². The summed E-state index contributed by atoms with van der Waals surface area (Å²) in [7, 11) is 0. The van der Waals surface area contributed by atoms with Crippen molar-refractivity contribution in [3.63, 3.8) is 0 Å². The van der Waals surface area contributed by atoms with Crippen molar-refractivity contribution in [2.45, 2.75) is 51.2 Å². The van der Waals surface area contributed by atoms with Gasteiger partial charge in [-0.3, -0.25) is 9.78 Å². The van der Waals surface area contributed by atoms with Gasteiger partial charge in [-0.15, -0.1) is 0 Å². The first-order valence-electron chi connectivity index (χ1n) is 11.0. The second kappa shape index (κ2) is 11.0. The Morgan fingerprint density at radius 1 is 1.26 bits per heavy atom. The third-order valence-corrected chi connectivity index (χ3v) is 5.79. The van der Waals surface area contributed by atoms with Crippen molar-refractivity contribution >= 4 is 17.4 Å². The Hall–Kier alpha value is -3.68. The number of nitrogens with zero attached hydrogens (tertiary/aromatic N) is 4. The average Bonchev–Trinajstić information content (AvgIpc) is 2.84. The molecular weight excluding hydrogens is 447 g/mol. The van der Waals surface area contributed by atoms with Crippen LogP contribution in [0.25, 0.3) is 5.57 Å². The van der Waals surface area contributed by atoms with Crippen molar-refractivity contribution < 1.29 is 18.0 Å². The summed E-state index contributed by atoms with van der Waals surface area (Å²) < 4.78 is 39.4. The minimum Gasteiger partial charge on any atom is -0.404 e. The largest absolute Gasteiger partial charge is 0.417 e. The highest BCUT2D eigenvalue weighted by Gasteiger charge is 2.31. The number of hydrogen-bond donors (Lipinski definition) is 3. The Morgan fingerprint density at radius 2 is 2.00 bits per heavy atom. The second-order valence-electron chi connectivity index (χ2n) is 8.13. The van der Waals surface area contributed by atoms with E-state index in [1.165, 1.54) is 12.4 Å². The Morgan fingerprint density at radius 3 is 2.62 bits per heavy atom. The van der Waals surface area contributed by atoms with Crippen molar-refractivity contribution in [2.75, 3.05) is 11.9 Å². The van der Waals surface area contributed by atoms with Gasteiger partial charge < -0.3 is 16.4 Å². The van der Waals surface area contributed by atoms with Gasteiger partial charge in [-0.05, 0) is 37.7 Å². The van der Waals surface area contributed by atoms with Crippen LogP contribution in [0.15, 0.2) is 30.9 Å². The van der Waals surface area contributed by atoms with Crippen LogP contribution in [0.3, 0.4) is 0 Å². The molecule has 0 aromatic carbocycles. The van der Waals surface area contributed by atoms with E-state index in [-0.39, 0.29) is 40.3 Å². The molecule has 0 spiro atoms. The number of carbonyl (C=O) groups is 1. The fourth-order valence-electron chi connectivity index (χ4n) is 3.88. The summed E-state index contributed by atoms with van der Waals surface area (Å²) in [6.45, 7) is 2.41. The third kappa shape index (κ3) is 6.21. The van der Waals surface area contributed by atoms with Crippen LogP contribution in [0, 0.1) is 17.2 Å². The minimum atomic E-state index is -4.57. The quantitative estimate of drug-likeness (QED) is 0.560. The molecular formula is C23H26F3N7O. The van der Waals surface area contributed by atoms with Crippen molar-refractivity contribution in [3.8, 4) is 6.07 Å². The number of halogens is 3. The van der Waals surface area contributed by atoms with E-state index >= 15 is 0 Å². The number of pyridine rings is 1. The molecule has 2 aromatic rings. The molecule has 0 radical (unpaired) electrons. The lowest BCUT2D eigenvalue weighted by Crippen LogP contribution is -2.38. The van der Waals surface area contributed by atoms with Gasteiger partial charge in [0.1, 0.15) is 6.07 Å². The number of aromatic nitrogens is 3. The molecule has 1 aliphatic carbocycles. The molecule has 1 amide bonds. The molecule has 2 heterocycles. The predicted octanol–water partition coefficient (Wildman–Crippen LogP) is 3.61. The molecule has 3 rings (SSSR count). The first-order chi connectivity index (χ1) is 16.2. The number of nitrogens with one attached hydrogen (secondary N) is 2. The maximum absolute atomic E-state index is 13.1. The van der Waals surface area contributed by atoms with Crippen LogP contribution in [0.5, 0.6) is 0 Å². The maximum atomic E-state index is 13.1. The summed E-state index contributed by atoms with van der Waals surface area (Å²) in [4.78, 5) is 23.8. The lowest BCUT2D eigenvalue weighted by molar-refractivity contribution is -0.137. The molecule has 1 saturated carbocycles. The molecule has 4 N–H and O–H groups in total. The molecule has 0 aliphatic heterocycles. The molecule has 34 heavy (non-hydrogen) atoms. The number of alkyl halides is 3. The van der Waals surface area contributed by atoms with Gasteiger partial charge in [-0.25, -0.2) is 9.97 Å².